The number of rotatable bonds is 1. The molecule has 2 aliphatic carbocycles. The van der Waals surface area contributed by atoms with Gasteiger partial charge in [-0.15, -0.1) is 0 Å². The molecular weight excluding hydrogens is 254 g/mol. The van der Waals surface area contributed by atoms with Crippen LogP contribution < -0.4 is 0 Å². The first-order valence-electron chi connectivity index (χ1n) is 8.28. The van der Waals surface area contributed by atoms with Gasteiger partial charge in [-0.2, -0.15) is 0 Å². The van der Waals surface area contributed by atoms with E-state index in [0.29, 0.717) is 5.92 Å². The molecule has 0 heterocycles. The minimum absolute atomic E-state index is 0.126. The van der Waals surface area contributed by atoms with Crippen LogP contribution in [0.4, 0.5) is 8.78 Å². The van der Waals surface area contributed by atoms with Crippen LogP contribution in [0.15, 0.2) is 0 Å². The van der Waals surface area contributed by atoms with Crippen LogP contribution in [0.2, 0.25) is 0 Å². The lowest BCUT2D eigenvalue weighted by Gasteiger charge is -2.35. The molecule has 2 rings (SSSR count). The van der Waals surface area contributed by atoms with E-state index >= 15 is 0 Å². The highest BCUT2D eigenvalue weighted by molar-refractivity contribution is 5.12. The maximum Gasteiger partial charge on any atom is 0.145 e. The minimum Gasteiger partial charge on any atom is -0.244 e. The molecule has 4 atom stereocenters. The van der Waals surface area contributed by atoms with E-state index in [4.69, 9.17) is 0 Å². The summed E-state index contributed by atoms with van der Waals surface area (Å²) >= 11 is 0. The predicted octanol–water partition coefficient (Wildman–Crippen LogP) is 5.17. The molecule has 4 unspecified atom stereocenters. The van der Waals surface area contributed by atoms with Gasteiger partial charge in [-0.3, -0.25) is 0 Å². The third kappa shape index (κ3) is 3.74. The zero-order valence-corrected chi connectivity index (χ0v) is 13.0. The zero-order chi connectivity index (χ0) is 14.7. The van der Waals surface area contributed by atoms with Crippen LogP contribution in [-0.4, -0.2) is 12.3 Å². The van der Waals surface area contributed by atoms with Crippen LogP contribution >= 0.6 is 0 Å². The second-order valence-corrected chi connectivity index (χ2v) is 7.23. The van der Waals surface area contributed by atoms with Gasteiger partial charge in [-0.05, 0) is 56.3 Å². The molecule has 0 saturated heterocycles. The molecule has 0 aromatic heterocycles. The fraction of sp³-hybridized carbons (Fsp3) is 0.889. The van der Waals surface area contributed by atoms with E-state index in [-0.39, 0.29) is 17.8 Å². The lowest BCUT2D eigenvalue weighted by molar-refractivity contribution is 0.0228. The molecule has 0 nitrogen and oxygen atoms in total. The summed E-state index contributed by atoms with van der Waals surface area (Å²) in [5.74, 6) is 7.27. The summed E-state index contributed by atoms with van der Waals surface area (Å²) in [5.41, 5.74) is 0. The first-order chi connectivity index (χ1) is 9.49. The van der Waals surface area contributed by atoms with Gasteiger partial charge < -0.3 is 0 Å². The van der Waals surface area contributed by atoms with Gasteiger partial charge in [0, 0.05) is 5.92 Å². The molecule has 20 heavy (non-hydrogen) atoms. The summed E-state index contributed by atoms with van der Waals surface area (Å²) < 4.78 is 28.3. The van der Waals surface area contributed by atoms with E-state index in [2.05, 4.69) is 18.8 Å². The molecule has 2 saturated carbocycles. The Kier molecular flexibility index (Phi) is 5.47. The van der Waals surface area contributed by atoms with E-state index in [0.717, 1.165) is 31.6 Å². The highest BCUT2D eigenvalue weighted by Crippen LogP contribution is 2.37. The first kappa shape index (κ1) is 15.8. The van der Waals surface area contributed by atoms with Gasteiger partial charge in [0.05, 0.1) is 5.92 Å². The lowest BCUT2D eigenvalue weighted by atomic mass is 9.74. The Balaban J connectivity index is 1.91. The fourth-order valence-electron chi connectivity index (χ4n) is 3.63. The quantitative estimate of drug-likeness (QED) is 0.582. The molecule has 2 aliphatic rings. The van der Waals surface area contributed by atoms with Gasteiger partial charge in [-0.1, -0.05) is 32.6 Å². The zero-order valence-electron chi connectivity index (χ0n) is 13.0. The maximum absolute atomic E-state index is 14.2. The molecule has 2 fully saturated rings. The van der Waals surface area contributed by atoms with E-state index < -0.39 is 12.3 Å². The van der Waals surface area contributed by atoms with Crippen LogP contribution in [-0.2, 0) is 0 Å². The molecule has 114 valence electrons. The molecule has 0 bridgehead atoms. The molecule has 0 N–H and O–H groups in total. The predicted molar refractivity (Wildman–Crippen MR) is 79.7 cm³/mol. The van der Waals surface area contributed by atoms with E-state index in [1.807, 2.05) is 13.8 Å². The summed E-state index contributed by atoms with van der Waals surface area (Å²) in [6.45, 7) is 6.25. The van der Waals surface area contributed by atoms with E-state index in [9.17, 15) is 8.78 Å². The Morgan fingerprint density at radius 3 is 2.10 bits per heavy atom. The smallest absolute Gasteiger partial charge is 0.145 e. The number of halogens is 2. The molecular formula is C18H28F2. The molecule has 0 aromatic rings. The normalized spacial score (nSPS) is 42.1. The molecule has 0 aromatic carbocycles. The van der Waals surface area contributed by atoms with Crippen LogP contribution in [0, 0.1) is 41.4 Å². The maximum atomic E-state index is 14.2. The summed E-state index contributed by atoms with van der Waals surface area (Å²) in [5, 5.41) is 0. The molecule has 0 amide bonds. The van der Waals surface area contributed by atoms with E-state index in [1.54, 1.807) is 0 Å². The monoisotopic (exact) mass is 282 g/mol. The average Bonchev–Trinajstić information content (AvgIpc) is 2.42. The van der Waals surface area contributed by atoms with Crippen molar-refractivity contribution in [2.75, 3.05) is 0 Å². The van der Waals surface area contributed by atoms with Crippen LogP contribution in [0.1, 0.15) is 59.3 Å². The Bertz CT molecular complexity index is 357. The largest absolute Gasteiger partial charge is 0.244 e. The lowest BCUT2D eigenvalue weighted by Crippen LogP contribution is -2.39. The Labute approximate surface area is 122 Å². The Morgan fingerprint density at radius 1 is 0.850 bits per heavy atom. The van der Waals surface area contributed by atoms with Crippen molar-refractivity contribution in [2.45, 2.75) is 71.6 Å². The van der Waals surface area contributed by atoms with Gasteiger partial charge in [-0.25, -0.2) is 8.78 Å². The molecule has 2 heteroatoms. The second-order valence-electron chi connectivity index (χ2n) is 7.23. The fourth-order valence-corrected chi connectivity index (χ4v) is 3.63. The topological polar surface area (TPSA) is 0 Å². The molecule has 0 aliphatic heterocycles. The second kappa shape index (κ2) is 6.92. The van der Waals surface area contributed by atoms with Crippen molar-refractivity contribution in [1.82, 2.24) is 0 Å². The average molecular weight is 282 g/mol. The standard InChI is InChI=1S/C18H28F2/c1-12(2)16-11-10-15(17(19)18(16)20)9-8-14-6-4-13(3)5-7-14/h12-18H,4-7,10-11H2,1-3H3. The van der Waals surface area contributed by atoms with Crippen molar-refractivity contribution in [3.63, 3.8) is 0 Å². The third-order valence-electron chi connectivity index (χ3n) is 5.25. The van der Waals surface area contributed by atoms with Crippen molar-refractivity contribution in [3.8, 4) is 11.8 Å². The summed E-state index contributed by atoms with van der Waals surface area (Å²) in [4.78, 5) is 0. The number of hydrogen-bond donors (Lipinski definition) is 0. The van der Waals surface area contributed by atoms with Gasteiger partial charge in [0.1, 0.15) is 12.3 Å². The Hall–Kier alpha value is -0.580. The number of alkyl halides is 2. The van der Waals surface area contributed by atoms with Crippen molar-refractivity contribution in [2.24, 2.45) is 29.6 Å². The van der Waals surface area contributed by atoms with Gasteiger partial charge >= 0.3 is 0 Å². The summed E-state index contributed by atoms with van der Waals surface area (Å²) in [6, 6.07) is 0. The Morgan fingerprint density at radius 2 is 1.50 bits per heavy atom. The number of hydrogen-bond acceptors (Lipinski definition) is 0. The SMILES string of the molecule is CC1CCC(C#CC2CCC(C(C)C)C(F)C2F)CC1. The van der Waals surface area contributed by atoms with Crippen molar-refractivity contribution in [1.29, 1.82) is 0 Å². The van der Waals surface area contributed by atoms with E-state index in [1.165, 1.54) is 12.8 Å². The van der Waals surface area contributed by atoms with Gasteiger partial charge in [0.15, 0.2) is 0 Å². The summed E-state index contributed by atoms with van der Waals surface area (Å²) in [7, 11) is 0. The van der Waals surface area contributed by atoms with Gasteiger partial charge in [0.25, 0.3) is 0 Å². The van der Waals surface area contributed by atoms with Crippen molar-refractivity contribution < 1.29 is 8.78 Å². The highest BCUT2D eigenvalue weighted by atomic mass is 19.2. The minimum atomic E-state index is -1.38. The van der Waals surface area contributed by atoms with Crippen LogP contribution in [0.3, 0.4) is 0 Å². The van der Waals surface area contributed by atoms with Crippen molar-refractivity contribution >= 4 is 0 Å². The highest BCUT2D eigenvalue weighted by Gasteiger charge is 2.40. The van der Waals surface area contributed by atoms with Gasteiger partial charge in [0.2, 0.25) is 0 Å². The molecule has 0 radical (unpaired) electrons. The molecule has 0 spiro atoms. The third-order valence-corrected chi connectivity index (χ3v) is 5.25. The van der Waals surface area contributed by atoms with Crippen molar-refractivity contribution in [3.05, 3.63) is 0 Å². The van der Waals surface area contributed by atoms with Crippen LogP contribution in [0.25, 0.3) is 0 Å². The van der Waals surface area contributed by atoms with Crippen LogP contribution in [0.5, 0.6) is 0 Å². The first-order valence-corrected chi connectivity index (χ1v) is 8.28. The summed E-state index contributed by atoms with van der Waals surface area (Å²) in [6.07, 6.45) is 3.51.